The topological polar surface area (TPSA) is 54.5 Å². The number of nitrogens with zero attached hydrogens (tertiary/aromatic N) is 3. The van der Waals surface area contributed by atoms with Crippen molar-refractivity contribution in [3.05, 3.63) is 26.0 Å². The summed E-state index contributed by atoms with van der Waals surface area (Å²) in [6.07, 6.45) is 4.98. The number of hydrogen-bond acceptors (Lipinski definition) is 3. The molecule has 2 aromatic rings. The Balaban J connectivity index is 2.48. The smallest absolute Gasteiger partial charge is 0.159 e. The van der Waals surface area contributed by atoms with Crippen LogP contribution in [0.5, 0.6) is 0 Å². The van der Waals surface area contributed by atoms with E-state index < -0.39 is 0 Å². The Morgan fingerprint density at radius 1 is 1.23 bits per heavy atom. The van der Waals surface area contributed by atoms with Gasteiger partial charge in [-0.15, -0.1) is 0 Å². The minimum absolute atomic E-state index is 0.766. The number of hydrogen-bond donors (Lipinski definition) is 1. The van der Waals surface area contributed by atoms with E-state index >= 15 is 0 Å². The van der Waals surface area contributed by atoms with Crippen molar-refractivity contribution in [2.24, 2.45) is 0 Å². The van der Waals surface area contributed by atoms with Gasteiger partial charge < -0.3 is 4.98 Å². The molecule has 6 heteroatoms. The molecule has 0 unspecified atom stereocenters. The molecule has 0 radical (unpaired) electrons. The lowest BCUT2D eigenvalue weighted by Gasteiger charge is -1.91. The molecule has 13 heavy (non-hydrogen) atoms. The van der Waals surface area contributed by atoms with Gasteiger partial charge >= 0.3 is 0 Å². The van der Waals surface area contributed by atoms with Gasteiger partial charge in [0.2, 0.25) is 0 Å². The van der Waals surface area contributed by atoms with E-state index in [-0.39, 0.29) is 0 Å². The van der Waals surface area contributed by atoms with Gasteiger partial charge in [0.05, 0.1) is 6.20 Å². The van der Waals surface area contributed by atoms with Gasteiger partial charge in [-0.25, -0.2) is 9.97 Å². The van der Waals surface area contributed by atoms with Crippen LogP contribution in [0.25, 0.3) is 11.5 Å². The Morgan fingerprint density at radius 2 is 2.08 bits per heavy atom. The Morgan fingerprint density at radius 3 is 2.62 bits per heavy atom. The van der Waals surface area contributed by atoms with Crippen molar-refractivity contribution in [2.75, 3.05) is 0 Å². The SMILES string of the molecule is Ic1nc(-c2cnccn2)[nH]c1I. The fraction of sp³-hybridized carbons (Fsp3) is 0. The second-order valence-electron chi connectivity index (χ2n) is 2.28. The van der Waals surface area contributed by atoms with Crippen LogP contribution in [0.4, 0.5) is 0 Å². The monoisotopic (exact) mass is 398 g/mol. The molecule has 0 aromatic carbocycles. The molecule has 0 fully saturated rings. The number of H-pyrrole nitrogens is 1. The lowest BCUT2D eigenvalue weighted by Crippen LogP contribution is -1.85. The second-order valence-corrected chi connectivity index (χ2v) is 4.38. The molecule has 0 saturated carbocycles. The summed E-state index contributed by atoms with van der Waals surface area (Å²) < 4.78 is 1.98. The largest absolute Gasteiger partial charge is 0.331 e. The zero-order valence-corrected chi connectivity index (χ0v) is 10.6. The van der Waals surface area contributed by atoms with E-state index in [0.29, 0.717) is 0 Å². The quantitative estimate of drug-likeness (QED) is 0.749. The predicted molar refractivity (Wildman–Crippen MR) is 65.0 cm³/mol. The highest BCUT2D eigenvalue weighted by atomic mass is 127. The third-order valence-electron chi connectivity index (χ3n) is 1.43. The minimum Gasteiger partial charge on any atom is -0.331 e. The highest BCUT2D eigenvalue weighted by molar-refractivity contribution is 14.1. The highest BCUT2D eigenvalue weighted by Gasteiger charge is 2.07. The molecule has 2 aromatic heterocycles. The summed E-state index contributed by atoms with van der Waals surface area (Å²) in [5.41, 5.74) is 0.767. The molecule has 0 atom stereocenters. The average molecular weight is 398 g/mol. The summed E-state index contributed by atoms with van der Waals surface area (Å²) in [4.78, 5) is 15.5. The minimum atomic E-state index is 0.766. The van der Waals surface area contributed by atoms with E-state index in [9.17, 15) is 0 Å². The number of halogens is 2. The third kappa shape index (κ3) is 1.98. The predicted octanol–water partition coefficient (Wildman–Crippen LogP) is 2.08. The van der Waals surface area contributed by atoms with Gasteiger partial charge in [0.1, 0.15) is 13.1 Å². The van der Waals surface area contributed by atoms with Gasteiger partial charge in [-0.3, -0.25) is 4.98 Å². The van der Waals surface area contributed by atoms with Crippen molar-refractivity contribution in [3.63, 3.8) is 0 Å². The first-order valence-corrected chi connectivity index (χ1v) is 5.60. The molecule has 0 saturated heterocycles. The maximum atomic E-state index is 4.30. The lowest BCUT2D eigenvalue weighted by molar-refractivity contribution is 1.15. The molecule has 1 N–H and O–H groups in total. The molecule has 0 bridgehead atoms. The molecule has 2 heterocycles. The summed E-state index contributed by atoms with van der Waals surface area (Å²) in [6, 6.07) is 0. The normalized spacial score (nSPS) is 10.3. The van der Waals surface area contributed by atoms with Crippen LogP contribution in [0, 0.1) is 7.40 Å². The van der Waals surface area contributed by atoms with Crippen molar-refractivity contribution in [3.8, 4) is 11.5 Å². The fourth-order valence-corrected chi connectivity index (χ4v) is 1.63. The fourth-order valence-electron chi connectivity index (χ4n) is 0.873. The van der Waals surface area contributed by atoms with Gasteiger partial charge in [-0.05, 0) is 45.2 Å². The molecule has 66 valence electrons. The number of imidazole rings is 1. The van der Waals surface area contributed by atoms with Gasteiger partial charge in [0.25, 0.3) is 0 Å². The first-order chi connectivity index (χ1) is 6.27. The first kappa shape index (κ1) is 9.31. The zero-order valence-electron chi connectivity index (χ0n) is 6.33. The molecule has 0 aliphatic rings. The Hall–Kier alpha value is -0.250. The Bertz CT molecular complexity index is 392. The molecule has 4 nitrogen and oxygen atoms in total. The summed E-state index contributed by atoms with van der Waals surface area (Å²) in [5.74, 6) is 0.766. The highest BCUT2D eigenvalue weighted by Crippen LogP contribution is 2.17. The Labute approximate surface area is 102 Å². The van der Waals surface area contributed by atoms with E-state index in [1.165, 1.54) is 0 Å². The van der Waals surface area contributed by atoms with Crippen LogP contribution < -0.4 is 0 Å². The van der Waals surface area contributed by atoms with Crippen LogP contribution in [0.2, 0.25) is 0 Å². The maximum Gasteiger partial charge on any atom is 0.159 e. The van der Waals surface area contributed by atoms with Gasteiger partial charge in [0, 0.05) is 12.4 Å². The van der Waals surface area contributed by atoms with E-state index in [0.717, 1.165) is 18.9 Å². The second kappa shape index (κ2) is 3.86. The van der Waals surface area contributed by atoms with E-state index in [1.807, 2.05) is 0 Å². The van der Waals surface area contributed by atoms with Gasteiger partial charge in [0.15, 0.2) is 5.82 Å². The molecule has 0 amide bonds. The maximum absolute atomic E-state index is 4.30. The number of aromatic amines is 1. The number of nitrogens with one attached hydrogen (secondary N) is 1. The molecule has 2 rings (SSSR count). The molecular weight excluding hydrogens is 394 g/mol. The van der Waals surface area contributed by atoms with Crippen molar-refractivity contribution in [1.82, 2.24) is 19.9 Å². The van der Waals surface area contributed by atoms with E-state index in [2.05, 4.69) is 65.1 Å². The molecule has 0 aliphatic heterocycles. The zero-order chi connectivity index (χ0) is 9.26. The summed E-state index contributed by atoms with van der Waals surface area (Å²) in [6.45, 7) is 0. The molecular formula is C7H4I2N4. The van der Waals surface area contributed by atoms with Crippen molar-refractivity contribution >= 4 is 45.2 Å². The van der Waals surface area contributed by atoms with Crippen molar-refractivity contribution in [1.29, 1.82) is 0 Å². The average Bonchev–Trinajstić information content (AvgIpc) is 2.49. The summed E-state index contributed by atoms with van der Waals surface area (Å²) in [7, 11) is 0. The molecule has 0 spiro atoms. The van der Waals surface area contributed by atoms with Crippen molar-refractivity contribution in [2.45, 2.75) is 0 Å². The summed E-state index contributed by atoms with van der Waals surface area (Å²) in [5, 5.41) is 0. The van der Waals surface area contributed by atoms with Crippen LogP contribution >= 0.6 is 45.2 Å². The lowest BCUT2D eigenvalue weighted by atomic mass is 10.4. The van der Waals surface area contributed by atoms with E-state index in [4.69, 9.17) is 0 Å². The standard InChI is InChI=1S/C7H4I2N4/c8-5-6(9)13-7(12-5)4-3-10-1-2-11-4/h1-3H,(H,12,13). The number of aromatic nitrogens is 4. The summed E-state index contributed by atoms with van der Waals surface area (Å²) >= 11 is 4.37. The third-order valence-corrected chi connectivity index (χ3v) is 4.02. The van der Waals surface area contributed by atoms with Crippen LogP contribution in [0.1, 0.15) is 0 Å². The molecule has 0 aliphatic carbocycles. The van der Waals surface area contributed by atoms with Crippen LogP contribution in [-0.2, 0) is 0 Å². The first-order valence-electron chi connectivity index (χ1n) is 3.45. The number of rotatable bonds is 1. The van der Waals surface area contributed by atoms with E-state index in [1.54, 1.807) is 18.6 Å². The van der Waals surface area contributed by atoms with Crippen LogP contribution in [0.3, 0.4) is 0 Å². The van der Waals surface area contributed by atoms with Crippen LogP contribution in [-0.4, -0.2) is 19.9 Å². The Kier molecular flexibility index (Phi) is 2.77. The van der Waals surface area contributed by atoms with Gasteiger partial charge in [-0.2, -0.15) is 0 Å². The van der Waals surface area contributed by atoms with Crippen molar-refractivity contribution < 1.29 is 0 Å². The van der Waals surface area contributed by atoms with Crippen LogP contribution in [0.15, 0.2) is 18.6 Å². The van der Waals surface area contributed by atoms with Gasteiger partial charge in [-0.1, -0.05) is 0 Å².